The Morgan fingerprint density at radius 2 is 1.79 bits per heavy atom. The van der Waals surface area contributed by atoms with Gasteiger partial charge in [-0.3, -0.25) is 4.79 Å². The van der Waals surface area contributed by atoms with Crippen molar-refractivity contribution in [3.63, 3.8) is 0 Å². The van der Waals surface area contributed by atoms with E-state index in [1.807, 2.05) is 35.8 Å². The predicted molar refractivity (Wildman–Crippen MR) is 91.5 cm³/mol. The first kappa shape index (κ1) is 16.6. The number of urea groups is 1. The fourth-order valence-corrected chi connectivity index (χ4v) is 3.79. The Morgan fingerprint density at radius 1 is 1.17 bits per heavy atom. The van der Waals surface area contributed by atoms with Gasteiger partial charge in [0.2, 0.25) is 0 Å². The Bertz CT molecular complexity index is 628. The number of ether oxygens (including phenoxy) is 1. The Balaban J connectivity index is 1.66. The molecule has 1 aromatic rings. The van der Waals surface area contributed by atoms with E-state index in [4.69, 9.17) is 4.74 Å². The van der Waals surface area contributed by atoms with Gasteiger partial charge < -0.3 is 19.9 Å². The van der Waals surface area contributed by atoms with Crippen molar-refractivity contribution in [2.45, 2.75) is 32.7 Å². The van der Waals surface area contributed by atoms with Gasteiger partial charge in [-0.15, -0.1) is 0 Å². The van der Waals surface area contributed by atoms with Crippen LogP contribution in [0.5, 0.6) is 5.75 Å². The van der Waals surface area contributed by atoms with E-state index >= 15 is 0 Å². The first-order valence-corrected chi connectivity index (χ1v) is 8.50. The molecule has 0 spiro atoms. The quantitative estimate of drug-likeness (QED) is 0.921. The number of carbonyl (C=O) groups excluding carboxylic acids is 2. The van der Waals surface area contributed by atoms with Gasteiger partial charge in [0.05, 0.1) is 7.11 Å². The third kappa shape index (κ3) is 3.05. The van der Waals surface area contributed by atoms with Crippen LogP contribution in [0, 0.1) is 13.8 Å². The second-order valence-electron chi connectivity index (χ2n) is 6.59. The summed E-state index contributed by atoms with van der Waals surface area (Å²) in [5.74, 6) is 0.901. The van der Waals surface area contributed by atoms with Gasteiger partial charge in [-0.25, -0.2) is 4.79 Å². The number of aryl methyl sites for hydroxylation is 2. The highest BCUT2D eigenvalue weighted by Crippen LogP contribution is 2.26. The normalized spacial score (nSPS) is 18.7. The number of likely N-dealkylation sites (tertiary alicyclic amines) is 1. The second-order valence-corrected chi connectivity index (χ2v) is 6.59. The van der Waals surface area contributed by atoms with Gasteiger partial charge in [0.25, 0.3) is 5.91 Å². The number of nitrogens with zero attached hydrogens (tertiary/aromatic N) is 2. The Kier molecular flexibility index (Phi) is 4.64. The van der Waals surface area contributed by atoms with Crippen molar-refractivity contribution < 1.29 is 14.3 Å². The fourth-order valence-electron chi connectivity index (χ4n) is 3.79. The molecule has 0 aromatic heterocycles. The lowest BCUT2D eigenvalue weighted by atomic mass is 10.0. The molecule has 2 aliphatic rings. The minimum atomic E-state index is 0.0289. The van der Waals surface area contributed by atoms with Gasteiger partial charge in [-0.1, -0.05) is 0 Å². The molecule has 3 rings (SSSR count). The molecule has 24 heavy (non-hydrogen) atoms. The van der Waals surface area contributed by atoms with Crippen molar-refractivity contribution in [3.8, 4) is 5.75 Å². The maximum atomic E-state index is 12.8. The molecule has 2 saturated heterocycles. The van der Waals surface area contributed by atoms with E-state index in [0.29, 0.717) is 18.7 Å². The van der Waals surface area contributed by atoms with Crippen LogP contribution in [-0.4, -0.2) is 61.1 Å². The third-order valence-electron chi connectivity index (χ3n) is 4.99. The molecule has 6 nitrogen and oxygen atoms in total. The molecule has 0 aliphatic carbocycles. The number of hydrogen-bond acceptors (Lipinski definition) is 3. The van der Waals surface area contributed by atoms with Crippen molar-refractivity contribution >= 4 is 11.9 Å². The van der Waals surface area contributed by atoms with Crippen molar-refractivity contribution in [2.75, 3.05) is 33.3 Å². The van der Waals surface area contributed by atoms with Crippen LogP contribution < -0.4 is 10.1 Å². The average molecular weight is 331 g/mol. The average Bonchev–Trinajstić information content (AvgIpc) is 3.00. The fraction of sp³-hybridized carbons (Fsp3) is 0.556. The van der Waals surface area contributed by atoms with E-state index in [2.05, 4.69) is 5.32 Å². The van der Waals surface area contributed by atoms with Crippen LogP contribution >= 0.6 is 0 Å². The van der Waals surface area contributed by atoms with Gasteiger partial charge in [0, 0.05) is 37.8 Å². The second kappa shape index (κ2) is 6.71. The first-order valence-electron chi connectivity index (χ1n) is 8.50. The molecule has 2 aliphatic heterocycles. The molecule has 0 saturated carbocycles. The Hall–Kier alpha value is -2.24. The highest BCUT2D eigenvalue weighted by molar-refractivity contribution is 5.95. The van der Waals surface area contributed by atoms with Crippen LogP contribution in [-0.2, 0) is 0 Å². The lowest BCUT2D eigenvalue weighted by Gasteiger charge is -2.36. The van der Waals surface area contributed by atoms with E-state index in [9.17, 15) is 9.59 Å². The largest absolute Gasteiger partial charge is 0.496 e. The van der Waals surface area contributed by atoms with E-state index in [1.165, 1.54) is 0 Å². The number of benzene rings is 1. The van der Waals surface area contributed by atoms with Gasteiger partial charge in [-0.2, -0.15) is 0 Å². The number of carbonyl (C=O) groups is 2. The summed E-state index contributed by atoms with van der Waals surface area (Å²) in [6.07, 6.45) is 1.68. The smallest absolute Gasteiger partial charge is 0.317 e. The zero-order chi connectivity index (χ0) is 17.3. The standard InChI is InChI=1S/C18H25N3O3/c1-12-10-14(11-13(2)16(12)24-3)17(22)20-7-4-15(5-8-20)21-9-6-19-18(21)23/h10-11,15H,4-9H2,1-3H3,(H,19,23). The summed E-state index contributed by atoms with van der Waals surface area (Å²) in [5.41, 5.74) is 2.66. The van der Waals surface area contributed by atoms with Crippen molar-refractivity contribution in [1.29, 1.82) is 0 Å². The summed E-state index contributed by atoms with van der Waals surface area (Å²) >= 11 is 0. The molecular formula is C18H25N3O3. The van der Waals surface area contributed by atoms with Crippen LogP contribution in [0.15, 0.2) is 12.1 Å². The number of nitrogens with one attached hydrogen (secondary N) is 1. The van der Waals surface area contributed by atoms with Crippen molar-refractivity contribution in [3.05, 3.63) is 28.8 Å². The number of amides is 3. The van der Waals surface area contributed by atoms with Crippen LogP contribution in [0.2, 0.25) is 0 Å². The molecule has 0 bridgehead atoms. The monoisotopic (exact) mass is 331 g/mol. The third-order valence-corrected chi connectivity index (χ3v) is 4.99. The zero-order valence-electron chi connectivity index (χ0n) is 14.6. The molecule has 2 fully saturated rings. The zero-order valence-corrected chi connectivity index (χ0v) is 14.6. The molecular weight excluding hydrogens is 306 g/mol. The van der Waals surface area contributed by atoms with E-state index in [0.717, 1.165) is 42.8 Å². The number of rotatable bonds is 3. The molecule has 0 radical (unpaired) electrons. The van der Waals surface area contributed by atoms with E-state index < -0.39 is 0 Å². The lowest BCUT2D eigenvalue weighted by molar-refractivity contribution is 0.0666. The molecule has 0 atom stereocenters. The highest BCUT2D eigenvalue weighted by Gasteiger charge is 2.32. The maximum absolute atomic E-state index is 12.8. The van der Waals surface area contributed by atoms with E-state index in [1.54, 1.807) is 7.11 Å². The van der Waals surface area contributed by atoms with Crippen LogP contribution in [0.25, 0.3) is 0 Å². The SMILES string of the molecule is COc1c(C)cc(C(=O)N2CCC(N3CCNC3=O)CC2)cc1C. The van der Waals surface area contributed by atoms with Gasteiger partial charge in [0.1, 0.15) is 5.75 Å². The lowest BCUT2D eigenvalue weighted by Crippen LogP contribution is -2.47. The van der Waals surface area contributed by atoms with Crippen molar-refractivity contribution in [2.24, 2.45) is 0 Å². The number of methoxy groups -OCH3 is 1. The van der Waals surface area contributed by atoms with Crippen LogP contribution in [0.4, 0.5) is 4.79 Å². The molecule has 0 unspecified atom stereocenters. The topological polar surface area (TPSA) is 61.9 Å². The number of piperidine rings is 1. The van der Waals surface area contributed by atoms with Gasteiger partial charge >= 0.3 is 6.03 Å². The van der Waals surface area contributed by atoms with Crippen molar-refractivity contribution in [1.82, 2.24) is 15.1 Å². The minimum absolute atomic E-state index is 0.0289. The summed E-state index contributed by atoms with van der Waals surface area (Å²) in [6.45, 7) is 6.80. The summed E-state index contributed by atoms with van der Waals surface area (Å²) in [4.78, 5) is 28.4. The molecule has 1 aromatic carbocycles. The summed E-state index contributed by atoms with van der Waals surface area (Å²) in [6, 6.07) is 4.07. The molecule has 6 heteroatoms. The predicted octanol–water partition coefficient (Wildman–Crippen LogP) is 1.94. The molecule has 130 valence electrons. The number of hydrogen-bond donors (Lipinski definition) is 1. The van der Waals surface area contributed by atoms with Gasteiger partial charge in [-0.05, 0) is 49.9 Å². The van der Waals surface area contributed by atoms with Crippen LogP contribution in [0.3, 0.4) is 0 Å². The maximum Gasteiger partial charge on any atom is 0.317 e. The molecule has 1 N–H and O–H groups in total. The Morgan fingerprint density at radius 3 is 2.29 bits per heavy atom. The highest BCUT2D eigenvalue weighted by atomic mass is 16.5. The first-order chi connectivity index (χ1) is 11.5. The Labute approximate surface area is 142 Å². The molecule has 3 amide bonds. The summed E-state index contributed by atoms with van der Waals surface area (Å²) in [5, 5.41) is 2.84. The van der Waals surface area contributed by atoms with E-state index in [-0.39, 0.29) is 18.0 Å². The summed E-state index contributed by atoms with van der Waals surface area (Å²) < 4.78 is 5.37. The minimum Gasteiger partial charge on any atom is -0.496 e. The van der Waals surface area contributed by atoms with Crippen LogP contribution in [0.1, 0.15) is 34.3 Å². The summed E-state index contributed by atoms with van der Waals surface area (Å²) in [7, 11) is 1.65. The molecule has 2 heterocycles. The van der Waals surface area contributed by atoms with Gasteiger partial charge in [0.15, 0.2) is 0 Å².